The fourth-order valence-electron chi connectivity index (χ4n) is 3.02. The summed E-state index contributed by atoms with van der Waals surface area (Å²) >= 11 is 1.49. The summed E-state index contributed by atoms with van der Waals surface area (Å²) in [7, 11) is -3.85. The Labute approximate surface area is 184 Å². The number of nitrogens with one attached hydrogen (secondary N) is 1. The number of thiazole rings is 1. The van der Waals surface area contributed by atoms with Gasteiger partial charge in [-0.15, -0.1) is 0 Å². The van der Waals surface area contributed by atoms with Crippen LogP contribution in [-0.2, 0) is 10.0 Å². The van der Waals surface area contributed by atoms with Crippen LogP contribution in [-0.4, -0.2) is 31.6 Å². The number of ether oxygens (including phenoxy) is 2. The molecule has 2 aromatic carbocycles. The van der Waals surface area contributed by atoms with Gasteiger partial charge >= 0.3 is 0 Å². The van der Waals surface area contributed by atoms with E-state index in [1.807, 2.05) is 31.2 Å². The number of fused-ring (bicyclic) bond motifs is 1. The van der Waals surface area contributed by atoms with Gasteiger partial charge in [-0.05, 0) is 62.4 Å². The van der Waals surface area contributed by atoms with Crippen molar-refractivity contribution in [2.45, 2.75) is 18.7 Å². The van der Waals surface area contributed by atoms with Crippen molar-refractivity contribution in [3.63, 3.8) is 0 Å². The molecule has 9 heteroatoms. The van der Waals surface area contributed by atoms with E-state index in [9.17, 15) is 8.42 Å². The van der Waals surface area contributed by atoms with Gasteiger partial charge in [0.25, 0.3) is 10.0 Å². The first-order valence-corrected chi connectivity index (χ1v) is 12.0. The molecule has 0 radical (unpaired) electrons. The minimum atomic E-state index is -3.85. The monoisotopic (exact) mass is 455 g/mol. The fourth-order valence-corrected chi connectivity index (χ4v) is 5.12. The van der Waals surface area contributed by atoms with Gasteiger partial charge in [0.2, 0.25) is 0 Å². The number of benzene rings is 2. The van der Waals surface area contributed by atoms with E-state index in [0.29, 0.717) is 24.7 Å². The van der Waals surface area contributed by atoms with E-state index in [1.165, 1.54) is 17.4 Å². The van der Waals surface area contributed by atoms with Crippen LogP contribution >= 0.6 is 11.3 Å². The third-order valence-electron chi connectivity index (χ3n) is 4.37. The predicted octanol–water partition coefficient (Wildman–Crippen LogP) is 4.96. The molecule has 0 amide bonds. The average molecular weight is 456 g/mol. The summed E-state index contributed by atoms with van der Waals surface area (Å²) < 4.78 is 39.6. The molecule has 0 bridgehead atoms. The first kappa shape index (κ1) is 21.1. The minimum absolute atomic E-state index is 0.0547. The lowest BCUT2D eigenvalue weighted by Crippen LogP contribution is -2.14. The summed E-state index contributed by atoms with van der Waals surface area (Å²) in [5, 5.41) is 0.827. The molecule has 4 aromatic rings. The van der Waals surface area contributed by atoms with Crippen molar-refractivity contribution >= 4 is 37.4 Å². The van der Waals surface area contributed by atoms with E-state index in [2.05, 4.69) is 14.7 Å². The lowest BCUT2D eigenvalue weighted by atomic mass is 10.2. The molecular formula is C22H21N3O4S2. The second-order valence-electron chi connectivity index (χ2n) is 6.50. The van der Waals surface area contributed by atoms with E-state index < -0.39 is 10.0 Å². The van der Waals surface area contributed by atoms with E-state index >= 15 is 0 Å². The fraction of sp³-hybridized carbons (Fsp3) is 0.182. The Morgan fingerprint density at radius 2 is 1.77 bits per heavy atom. The second-order valence-corrected chi connectivity index (χ2v) is 9.13. The van der Waals surface area contributed by atoms with Crippen molar-refractivity contribution in [2.75, 3.05) is 17.9 Å². The van der Waals surface area contributed by atoms with Gasteiger partial charge in [0, 0.05) is 23.5 Å². The molecule has 2 aromatic heterocycles. The molecule has 1 N–H and O–H groups in total. The van der Waals surface area contributed by atoms with Crippen molar-refractivity contribution < 1.29 is 17.9 Å². The summed E-state index contributed by atoms with van der Waals surface area (Å²) in [6.45, 7) is 4.48. The van der Waals surface area contributed by atoms with Gasteiger partial charge in [0.05, 0.1) is 13.2 Å². The zero-order valence-corrected chi connectivity index (χ0v) is 18.7. The lowest BCUT2D eigenvalue weighted by Gasteiger charge is -2.14. The summed E-state index contributed by atoms with van der Waals surface area (Å²) in [6, 6.07) is 15.5. The molecule has 0 saturated carbocycles. The van der Waals surface area contributed by atoms with Crippen LogP contribution in [0.25, 0.3) is 20.9 Å². The topological polar surface area (TPSA) is 90.4 Å². The smallest absolute Gasteiger partial charge is 0.265 e. The first-order valence-electron chi connectivity index (χ1n) is 9.74. The SMILES string of the molecule is CCOc1ccc(S(=O)(=O)Nc2ccc(-c3nc4cccnc4s3)cc2)c(OCC)c1. The van der Waals surface area contributed by atoms with Crippen molar-refractivity contribution in [3.8, 4) is 22.1 Å². The summed E-state index contributed by atoms with van der Waals surface area (Å²) in [4.78, 5) is 9.81. The van der Waals surface area contributed by atoms with Crippen LogP contribution in [0.2, 0.25) is 0 Å². The van der Waals surface area contributed by atoms with Crippen LogP contribution in [0.4, 0.5) is 5.69 Å². The Hall–Kier alpha value is -3.17. The van der Waals surface area contributed by atoms with E-state index in [-0.39, 0.29) is 10.6 Å². The molecule has 2 heterocycles. The van der Waals surface area contributed by atoms with Gasteiger partial charge in [-0.2, -0.15) is 0 Å². The van der Waals surface area contributed by atoms with Crippen molar-refractivity contribution in [2.24, 2.45) is 0 Å². The molecular weight excluding hydrogens is 434 g/mol. The van der Waals surface area contributed by atoms with Crippen LogP contribution in [0.15, 0.2) is 65.7 Å². The maximum Gasteiger partial charge on any atom is 0.265 e. The molecule has 4 rings (SSSR count). The maximum absolute atomic E-state index is 13.0. The van der Waals surface area contributed by atoms with Gasteiger partial charge < -0.3 is 9.47 Å². The minimum Gasteiger partial charge on any atom is -0.494 e. The number of hydrogen-bond donors (Lipinski definition) is 1. The number of pyridine rings is 1. The summed E-state index contributed by atoms with van der Waals surface area (Å²) in [6.07, 6.45) is 1.74. The Balaban J connectivity index is 1.58. The van der Waals surface area contributed by atoms with Crippen LogP contribution in [0.3, 0.4) is 0 Å². The molecule has 0 fully saturated rings. The van der Waals surface area contributed by atoms with E-state index in [1.54, 1.807) is 37.4 Å². The van der Waals surface area contributed by atoms with Crippen molar-refractivity contribution in [1.29, 1.82) is 0 Å². The highest BCUT2D eigenvalue weighted by Gasteiger charge is 2.21. The summed E-state index contributed by atoms with van der Waals surface area (Å²) in [5.41, 5.74) is 2.17. The number of nitrogens with zero attached hydrogens (tertiary/aromatic N) is 2. The van der Waals surface area contributed by atoms with Crippen LogP contribution in [0, 0.1) is 0 Å². The van der Waals surface area contributed by atoms with E-state index in [0.717, 1.165) is 20.9 Å². The van der Waals surface area contributed by atoms with Crippen LogP contribution in [0.1, 0.15) is 13.8 Å². The standard InChI is InChI=1S/C22H21N3O4S2/c1-3-28-17-11-12-20(19(14-17)29-4-2)31(26,27)25-16-9-7-15(8-10-16)21-24-18-6-5-13-23-22(18)30-21/h5-14,25H,3-4H2,1-2H3. The average Bonchev–Trinajstić information content (AvgIpc) is 3.19. The predicted molar refractivity (Wildman–Crippen MR) is 122 cm³/mol. The Bertz CT molecular complexity index is 1270. The molecule has 0 saturated heterocycles. The van der Waals surface area contributed by atoms with Gasteiger partial charge in [0.15, 0.2) is 0 Å². The van der Waals surface area contributed by atoms with Crippen molar-refractivity contribution in [1.82, 2.24) is 9.97 Å². The Morgan fingerprint density at radius 3 is 2.48 bits per heavy atom. The Morgan fingerprint density at radius 1 is 1.00 bits per heavy atom. The highest BCUT2D eigenvalue weighted by molar-refractivity contribution is 7.92. The third kappa shape index (κ3) is 4.62. The third-order valence-corrected chi connectivity index (χ3v) is 6.81. The molecule has 7 nitrogen and oxygen atoms in total. The Kier molecular flexibility index (Phi) is 6.06. The highest BCUT2D eigenvalue weighted by Crippen LogP contribution is 2.32. The molecule has 0 atom stereocenters. The number of anilines is 1. The molecule has 0 aliphatic heterocycles. The largest absolute Gasteiger partial charge is 0.494 e. The number of hydrogen-bond acceptors (Lipinski definition) is 7. The zero-order valence-electron chi connectivity index (χ0n) is 17.0. The molecule has 0 aliphatic rings. The van der Waals surface area contributed by atoms with Crippen LogP contribution < -0.4 is 14.2 Å². The molecule has 160 valence electrons. The van der Waals surface area contributed by atoms with Gasteiger partial charge in [-0.3, -0.25) is 4.72 Å². The first-order chi connectivity index (χ1) is 15.0. The molecule has 31 heavy (non-hydrogen) atoms. The second kappa shape index (κ2) is 8.91. The zero-order chi connectivity index (χ0) is 21.8. The normalized spacial score (nSPS) is 11.4. The van der Waals surface area contributed by atoms with E-state index in [4.69, 9.17) is 9.47 Å². The number of aromatic nitrogens is 2. The summed E-state index contributed by atoms with van der Waals surface area (Å²) in [5.74, 6) is 0.805. The van der Waals surface area contributed by atoms with Gasteiger partial charge in [0.1, 0.15) is 31.7 Å². The molecule has 0 unspecified atom stereocenters. The van der Waals surface area contributed by atoms with Crippen molar-refractivity contribution in [3.05, 3.63) is 60.8 Å². The molecule has 0 aliphatic carbocycles. The van der Waals surface area contributed by atoms with Gasteiger partial charge in [-0.1, -0.05) is 11.3 Å². The highest BCUT2D eigenvalue weighted by atomic mass is 32.2. The molecule has 0 spiro atoms. The van der Waals surface area contributed by atoms with Crippen LogP contribution in [0.5, 0.6) is 11.5 Å². The lowest BCUT2D eigenvalue weighted by molar-refractivity contribution is 0.317. The maximum atomic E-state index is 13.0. The quantitative estimate of drug-likeness (QED) is 0.404. The number of rotatable bonds is 8. The number of sulfonamides is 1. The van der Waals surface area contributed by atoms with Gasteiger partial charge in [-0.25, -0.2) is 18.4 Å².